The molecular weight excluding hydrogens is 236 g/mol. The average molecular weight is 252 g/mol. The van der Waals surface area contributed by atoms with E-state index in [0.29, 0.717) is 0 Å². The molecule has 3 nitrogen and oxygen atoms in total. The maximum absolute atomic E-state index is 5.65. The summed E-state index contributed by atoms with van der Waals surface area (Å²) in [6.07, 6.45) is 0.192. The molecule has 3 aromatic rings. The number of hydrogen-bond acceptors (Lipinski definition) is 2. The first-order chi connectivity index (χ1) is 9.24. The molecule has 1 N–H and O–H groups in total. The van der Waals surface area contributed by atoms with Crippen LogP contribution in [0, 0.1) is 0 Å². The van der Waals surface area contributed by atoms with Crippen molar-refractivity contribution >= 4 is 10.9 Å². The molecule has 0 aliphatic rings. The number of fused-ring (bicyclic) bond motifs is 1. The van der Waals surface area contributed by atoms with Crippen molar-refractivity contribution in [2.75, 3.05) is 0 Å². The number of para-hydroxylation sites is 1. The topological polar surface area (TPSA) is 37.9 Å². The molecule has 0 bridgehead atoms. The minimum atomic E-state index is 0.192. The summed E-state index contributed by atoms with van der Waals surface area (Å²) in [7, 11) is 0. The second kappa shape index (κ2) is 4.76. The number of hydrogen-bond donors (Lipinski definition) is 1. The van der Waals surface area contributed by atoms with Crippen molar-refractivity contribution in [3.63, 3.8) is 0 Å². The van der Waals surface area contributed by atoms with E-state index in [2.05, 4.69) is 16.3 Å². The Morgan fingerprint density at radius 1 is 1.00 bits per heavy atom. The van der Waals surface area contributed by atoms with Crippen LogP contribution in [0.3, 0.4) is 0 Å². The van der Waals surface area contributed by atoms with Gasteiger partial charge >= 0.3 is 0 Å². The van der Waals surface area contributed by atoms with Crippen LogP contribution in [0.25, 0.3) is 22.2 Å². The fourth-order valence-electron chi connectivity index (χ4n) is 2.15. The predicted molar refractivity (Wildman–Crippen MR) is 77.3 cm³/mol. The maximum Gasteiger partial charge on any atom is 0.119 e. The molecule has 0 aliphatic carbocycles. The van der Waals surface area contributed by atoms with Crippen molar-refractivity contribution in [1.82, 2.24) is 10.2 Å². The highest BCUT2D eigenvalue weighted by Crippen LogP contribution is 2.27. The van der Waals surface area contributed by atoms with Crippen LogP contribution in [0.5, 0.6) is 5.75 Å². The van der Waals surface area contributed by atoms with Crippen molar-refractivity contribution < 1.29 is 4.74 Å². The molecule has 0 unspecified atom stereocenters. The number of H-pyrrole nitrogens is 1. The Balaban J connectivity index is 1.98. The van der Waals surface area contributed by atoms with Gasteiger partial charge in [-0.2, -0.15) is 5.10 Å². The number of rotatable bonds is 3. The van der Waals surface area contributed by atoms with Gasteiger partial charge in [0, 0.05) is 10.9 Å². The van der Waals surface area contributed by atoms with E-state index in [1.807, 2.05) is 56.3 Å². The van der Waals surface area contributed by atoms with Gasteiger partial charge in [0.05, 0.1) is 17.3 Å². The van der Waals surface area contributed by atoms with Gasteiger partial charge in [0.15, 0.2) is 0 Å². The minimum Gasteiger partial charge on any atom is -0.491 e. The van der Waals surface area contributed by atoms with Gasteiger partial charge < -0.3 is 4.74 Å². The third kappa shape index (κ3) is 2.32. The lowest BCUT2D eigenvalue weighted by Crippen LogP contribution is -2.05. The smallest absolute Gasteiger partial charge is 0.119 e. The Hall–Kier alpha value is -2.29. The Morgan fingerprint density at radius 2 is 1.74 bits per heavy atom. The van der Waals surface area contributed by atoms with Gasteiger partial charge in [-0.15, -0.1) is 0 Å². The zero-order valence-corrected chi connectivity index (χ0v) is 11.1. The molecule has 0 aliphatic heterocycles. The molecule has 0 saturated carbocycles. The van der Waals surface area contributed by atoms with E-state index in [0.717, 1.165) is 27.9 Å². The summed E-state index contributed by atoms with van der Waals surface area (Å²) in [6, 6.07) is 16.2. The second-order valence-corrected chi connectivity index (χ2v) is 4.81. The van der Waals surface area contributed by atoms with Crippen molar-refractivity contribution in [1.29, 1.82) is 0 Å². The Labute approximate surface area is 112 Å². The van der Waals surface area contributed by atoms with E-state index in [1.54, 1.807) is 0 Å². The van der Waals surface area contributed by atoms with Crippen LogP contribution in [0.1, 0.15) is 13.8 Å². The molecule has 96 valence electrons. The molecule has 0 amide bonds. The predicted octanol–water partition coefficient (Wildman–Crippen LogP) is 4.02. The zero-order valence-electron chi connectivity index (χ0n) is 11.1. The fraction of sp³-hybridized carbons (Fsp3) is 0.188. The van der Waals surface area contributed by atoms with Crippen molar-refractivity contribution in [2.45, 2.75) is 20.0 Å². The standard InChI is InChI=1S/C16H16N2O/c1-11(2)19-13-9-7-12(8-10-13)16-14-5-3-4-6-15(14)17-18-16/h3-11H,1-2H3,(H,17,18). The quantitative estimate of drug-likeness (QED) is 0.764. The molecule has 1 aromatic heterocycles. The van der Waals surface area contributed by atoms with Gasteiger partial charge in [-0.25, -0.2) is 0 Å². The first kappa shape index (κ1) is 11.8. The maximum atomic E-state index is 5.65. The number of benzene rings is 2. The van der Waals surface area contributed by atoms with Crippen LogP contribution in [0.15, 0.2) is 48.5 Å². The van der Waals surface area contributed by atoms with Crippen LogP contribution in [-0.2, 0) is 0 Å². The molecule has 0 fully saturated rings. The Morgan fingerprint density at radius 3 is 2.47 bits per heavy atom. The average Bonchev–Trinajstić information content (AvgIpc) is 2.83. The molecule has 3 rings (SSSR count). The number of nitrogens with zero attached hydrogens (tertiary/aromatic N) is 1. The van der Waals surface area contributed by atoms with Gasteiger partial charge in [0.2, 0.25) is 0 Å². The largest absolute Gasteiger partial charge is 0.491 e. The van der Waals surface area contributed by atoms with Crippen LogP contribution in [0.2, 0.25) is 0 Å². The zero-order chi connectivity index (χ0) is 13.2. The number of aromatic nitrogens is 2. The third-order valence-corrected chi connectivity index (χ3v) is 2.97. The van der Waals surface area contributed by atoms with Crippen LogP contribution >= 0.6 is 0 Å². The SMILES string of the molecule is CC(C)Oc1ccc(-c2n[nH]c3ccccc23)cc1. The molecule has 0 radical (unpaired) electrons. The second-order valence-electron chi connectivity index (χ2n) is 4.81. The molecular formula is C16H16N2O. The summed E-state index contributed by atoms with van der Waals surface area (Å²) >= 11 is 0. The molecule has 0 spiro atoms. The highest BCUT2D eigenvalue weighted by atomic mass is 16.5. The summed E-state index contributed by atoms with van der Waals surface area (Å²) in [6.45, 7) is 4.05. The van der Waals surface area contributed by atoms with E-state index in [9.17, 15) is 0 Å². The Kier molecular flexibility index (Phi) is 2.95. The Bertz CT molecular complexity index is 683. The van der Waals surface area contributed by atoms with Crippen molar-refractivity contribution in [3.05, 3.63) is 48.5 Å². The lowest BCUT2D eigenvalue weighted by molar-refractivity contribution is 0.242. The van der Waals surface area contributed by atoms with Gasteiger partial charge in [-0.3, -0.25) is 5.10 Å². The van der Waals surface area contributed by atoms with Crippen LogP contribution < -0.4 is 4.74 Å². The third-order valence-electron chi connectivity index (χ3n) is 2.97. The summed E-state index contributed by atoms with van der Waals surface area (Å²) < 4.78 is 5.65. The minimum absolute atomic E-state index is 0.192. The molecule has 3 heteroatoms. The monoisotopic (exact) mass is 252 g/mol. The molecule has 1 heterocycles. The van der Waals surface area contributed by atoms with Gasteiger partial charge in [0.1, 0.15) is 5.75 Å². The molecule has 19 heavy (non-hydrogen) atoms. The van der Waals surface area contributed by atoms with Crippen LogP contribution in [0.4, 0.5) is 0 Å². The summed E-state index contributed by atoms with van der Waals surface area (Å²) in [5.41, 5.74) is 3.13. The number of aromatic amines is 1. The normalized spacial score (nSPS) is 11.1. The van der Waals surface area contributed by atoms with E-state index >= 15 is 0 Å². The number of ether oxygens (including phenoxy) is 1. The van der Waals surface area contributed by atoms with Gasteiger partial charge in [-0.05, 0) is 44.2 Å². The van der Waals surface area contributed by atoms with E-state index in [1.165, 1.54) is 0 Å². The summed E-state index contributed by atoms with van der Waals surface area (Å²) in [5, 5.41) is 8.58. The van der Waals surface area contributed by atoms with Crippen molar-refractivity contribution in [3.8, 4) is 17.0 Å². The lowest BCUT2D eigenvalue weighted by Gasteiger charge is -2.09. The van der Waals surface area contributed by atoms with E-state index < -0.39 is 0 Å². The highest BCUT2D eigenvalue weighted by molar-refractivity contribution is 5.92. The first-order valence-corrected chi connectivity index (χ1v) is 6.44. The number of nitrogens with one attached hydrogen (secondary N) is 1. The van der Waals surface area contributed by atoms with Gasteiger partial charge in [0.25, 0.3) is 0 Å². The first-order valence-electron chi connectivity index (χ1n) is 6.44. The van der Waals surface area contributed by atoms with Crippen molar-refractivity contribution in [2.24, 2.45) is 0 Å². The van der Waals surface area contributed by atoms with Crippen LogP contribution in [-0.4, -0.2) is 16.3 Å². The fourth-order valence-corrected chi connectivity index (χ4v) is 2.15. The molecule has 0 atom stereocenters. The summed E-state index contributed by atoms with van der Waals surface area (Å²) in [4.78, 5) is 0. The van der Waals surface area contributed by atoms with Gasteiger partial charge in [-0.1, -0.05) is 18.2 Å². The molecule has 2 aromatic carbocycles. The highest BCUT2D eigenvalue weighted by Gasteiger charge is 2.07. The summed E-state index contributed by atoms with van der Waals surface area (Å²) in [5.74, 6) is 0.888. The lowest BCUT2D eigenvalue weighted by atomic mass is 10.1. The van der Waals surface area contributed by atoms with E-state index in [-0.39, 0.29) is 6.10 Å². The molecule has 0 saturated heterocycles. The van der Waals surface area contributed by atoms with E-state index in [4.69, 9.17) is 4.74 Å².